The van der Waals surface area contributed by atoms with E-state index < -0.39 is 0 Å². The Hall–Kier alpha value is -3.93. The number of aromatic hydroxyl groups is 1. The Morgan fingerprint density at radius 1 is 0.929 bits per heavy atom. The van der Waals surface area contributed by atoms with Crippen molar-refractivity contribution in [3.05, 3.63) is 76.7 Å². The minimum atomic E-state index is -0.210. The number of rotatable bonds is 2. The van der Waals surface area contributed by atoms with Crippen molar-refractivity contribution in [3.63, 3.8) is 0 Å². The highest BCUT2D eigenvalue weighted by Gasteiger charge is 2.19. The Balaban J connectivity index is 1.94. The van der Waals surface area contributed by atoms with E-state index in [4.69, 9.17) is 0 Å². The summed E-state index contributed by atoms with van der Waals surface area (Å²) >= 11 is 0. The predicted octanol–water partition coefficient (Wildman–Crippen LogP) is 4.15. The van der Waals surface area contributed by atoms with Crippen molar-refractivity contribution in [1.82, 2.24) is 20.2 Å². The zero-order valence-corrected chi connectivity index (χ0v) is 15.0. The Bertz CT molecular complexity index is 1380. The summed E-state index contributed by atoms with van der Waals surface area (Å²) in [7, 11) is 0. The normalized spacial score (nSPS) is 11.3. The highest BCUT2D eigenvalue weighted by Crippen LogP contribution is 2.34. The van der Waals surface area contributed by atoms with Gasteiger partial charge in [0.2, 0.25) is 0 Å². The summed E-state index contributed by atoms with van der Waals surface area (Å²) in [6.45, 7) is 1.99. The van der Waals surface area contributed by atoms with Crippen LogP contribution in [0, 0.1) is 6.92 Å². The second-order valence-electron chi connectivity index (χ2n) is 6.71. The molecule has 3 aromatic heterocycles. The Labute approximate surface area is 159 Å². The molecule has 136 valence electrons. The standard InChI is InChI=1S/C22H16N4O2/c1-12-17-16-11-23-26-21(16)24-20(14-7-9-15(27)10-8-14)18(17)22(28)25-19(12)13-5-3-2-4-6-13/h2-11,27H,1H3,(H,25,28)(H,23,24,26). The van der Waals surface area contributed by atoms with Gasteiger partial charge in [0.25, 0.3) is 5.56 Å². The van der Waals surface area contributed by atoms with Crippen molar-refractivity contribution < 1.29 is 5.11 Å². The lowest BCUT2D eigenvalue weighted by atomic mass is 9.96. The number of pyridine rings is 2. The topological polar surface area (TPSA) is 94.7 Å². The van der Waals surface area contributed by atoms with Gasteiger partial charge in [-0.3, -0.25) is 9.89 Å². The van der Waals surface area contributed by atoms with Crippen molar-refractivity contribution in [1.29, 1.82) is 0 Å². The maximum absolute atomic E-state index is 13.2. The molecule has 0 amide bonds. The van der Waals surface area contributed by atoms with Crippen LogP contribution in [0.15, 0.2) is 65.6 Å². The smallest absolute Gasteiger partial charge is 0.258 e. The van der Waals surface area contributed by atoms with Crippen LogP contribution in [0.5, 0.6) is 5.75 Å². The Kier molecular flexibility index (Phi) is 3.52. The number of H-pyrrole nitrogens is 2. The van der Waals surface area contributed by atoms with Crippen molar-refractivity contribution in [2.24, 2.45) is 0 Å². The number of aromatic amines is 2. The molecule has 0 saturated heterocycles. The van der Waals surface area contributed by atoms with Crippen molar-refractivity contribution in [2.45, 2.75) is 6.92 Å². The monoisotopic (exact) mass is 368 g/mol. The van der Waals surface area contributed by atoms with Crippen molar-refractivity contribution >= 4 is 21.8 Å². The highest BCUT2D eigenvalue weighted by atomic mass is 16.3. The van der Waals surface area contributed by atoms with Crippen LogP contribution in [0.1, 0.15) is 5.56 Å². The van der Waals surface area contributed by atoms with Crippen LogP contribution in [0.3, 0.4) is 0 Å². The molecule has 0 spiro atoms. The zero-order valence-electron chi connectivity index (χ0n) is 15.0. The van der Waals surface area contributed by atoms with E-state index >= 15 is 0 Å². The second-order valence-corrected chi connectivity index (χ2v) is 6.71. The molecular weight excluding hydrogens is 352 g/mol. The average molecular weight is 368 g/mol. The third-order valence-electron chi connectivity index (χ3n) is 5.02. The number of nitrogens with zero attached hydrogens (tertiary/aromatic N) is 2. The SMILES string of the molecule is Cc1c(-c2ccccc2)[nH]c(=O)c2c(-c3ccc(O)cc3)nc3[nH]ncc3c12. The lowest BCUT2D eigenvalue weighted by Gasteiger charge is -2.13. The molecule has 2 aromatic carbocycles. The molecule has 5 rings (SSSR count). The van der Waals surface area contributed by atoms with Gasteiger partial charge in [0, 0.05) is 16.3 Å². The number of hydrogen-bond donors (Lipinski definition) is 3. The lowest BCUT2D eigenvalue weighted by molar-refractivity contribution is 0.475. The van der Waals surface area contributed by atoms with Gasteiger partial charge in [0.05, 0.1) is 23.0 Å². The number of phenolic OH excluding ortho intramolecular Hbond substituents is 1. The van der Waals surface area contributed by atoms with Crippen LogP contribution < -0.4 is 5.56 Å². The molecular formula is C22H16N4O2. The van der Waals surface area contributed by atoms with Crippen LogP contribution in [-0.2, 0) is 0 Å². The van der Waals surface area contributed by atoms with Crippen LogP contribution >= 0.6 is 0 Å². The first-order chi connectivity index (χ1) is 13.6. The molecule has 0 aliphatic rings. The Morgan fingerprint density at radius 3 is 2.43 bits per heavy atom. The van der Waals surface area contributed by atoms with Crippen LogP contribution in [0.2, 0.25) is 0 Å². The van der Waals surface area contributed by atoms with Gasteiger partial charge in [-0.25, -0.2) is 4.98 Å². The molecule has 0 saturated carbocycles. The van der Waals surface area contributed by atoms with E-state index in [0.717, 1.165) is 33.2 Å². The third kappa shape index (κ3) is 2.39. The molecule has 0 bridgehead atoms. The summed E-state index contributed by atoms with van der Waals surface area (Å²) in [5.41, 5.74) is 4.38. The van der Waals surface area contributed by atoms with Gasteiger partial charge in [-0.15, -0.1) is 0 Å². The molecule has 5 aromatic rings. The first-order valence-corrected chi connectivity index (χ1v) is 8.88. The summed E-state index contributed by atoms with van der Waals surface area (Å²) in [4.78, 5) is 20.9. The van der Waals surface area contributed by atoms with E-state index in [2.05, 4.69) is 20.2 Å². The minimum absolute atomic E-state index is 0.159. The van der Waals surface area contributed by atoms with Gasteiger partial charge in [-0.05, 0) is 42.3 Å². The zero-order chi connectivity index (χ0) is 19.3. The fourth-order valence-corrected chi connectivity index (χ4v) is 3.70. The number of phenols is 1. The lowest BCUT2D eigenvalue weighted by Crippen LogP contribution is -2.12. The van der Waals surface area contributed by atoms with Crippen LogP contribution in [0.25, 0.3) is 44.3 Å². The number of fused-ring (bicyclic) bond motifs is 3. The molecule has 0 aliphatic heterocycles. The van der Waals surface area contributed by atoms with Gasteiger partial charge in [0.15, 0.2) is 5.65 Å². The summed E-state index contributed by atoms with van der Waals surface area (Å²) in [5.74, 6) is 0.159. The van der Waals surface area contributed by atoms with E-state index in [9.17, 15) is 9.90 Å². The van der Waals surface area contributed by atoms with E-state index in [1.807, 2.05) is 37.3 Å². The average Bonchev–Trinajstić information content (AvgIpc) is 3.19. The second kappa shape index (κ2) is 6.06. The van der Waals surface area contributed by atoms with Gasteiger partial charge in [-0.2, -0.15) is 5.10 Å². The number of aryl methyl sites for hydroxylation is 1. The molecule has 6 nitrogen and oxygen atoms in total. The van der Waals surface area contributed by atoms with Gasteiger partial charge in [0.1, 0.15) is 5.75 Å². The Morgan fingerprint density at radius 2 is 1.68 bits per heavy atom. The summed E-state index contributed by atoms with van der Waals surface area (Å²) < 4.78 is 0. The number of benzene rings is 2. The molecule has 6 heteroatoms. The van der Waals surface area contributed by atoms with Crippen LogP contribution in [0.4, 0.5) is 0 Å². The molecule has 0 unspecified atom stereocenters. The van der Waals surface area contributed by atoms with E-state index in [-0.39, 0.29) is 11.3 Å². The number of nitrogens with one attached hydrogen (secondary N) is 2. The third-order valence-corrected chi connectivity index (χ3v) is 5.02. The fraction of sp³-hybridized carbons (Fsp3) is 0.0455. The molecule has 3 heterocycles. The van der Waals surface area contributed by atoms with Gasteiger partial charge < -0.3 is 10.1 Å². The van der Waals surface area contributed by atoms with E-state index in [1.54, 1.807) is 30.5 Å². The largest absolute Gasteiger partial charge is 0.508 e. The molecule has 0 aliphatic carbocycles. The van der Waals surface area contributed by atoms with E-state index in [1.165, 1.54) is 0 Å². The first-order valence-electron chi connectivity index (χ1n) is 8.88. The quantitative estimate of drug-likeness (QED) is 0.436. The fourth-order valence-electron chi connectivity index (χ4n) is 3.70. The summed E-state index contributed by atoms with van der Waals surface area (Å²) in [5, 5.41) is 18.8. The number of aromatic nitrogens is 4. The number of hydrogen-bond acceptors (Lipinski definition) is 4. The molecule has 0 fully saturated rings. The van der Waals surface area contributed by atoms with Crippen LogP contribution in [-0.4, -0.2) is 25.3 Å². The van der Waals surface area contributed by atoms with Crippen molar-refractivity contribution in [2.75, 3.05) is 0 Å². The summed E-state index contributed by atoms with van der Waals surface area (Å²) in [6, 6.07) is 16.4. The highest BCUT2D eigenvalue weighted by molar-refractivity contribution is 6.12. The first kappa shape index (κ1) is 16.3. The molecule has 28 heavy (non-hydrogen) atoms. The van der Waals surface area contributed by atoms with E-state index in [0.29, 0.717) is 16.7 Å². The van der Waals surface area contributed by atoms with Gasteiger partial charge >= 0.3 is 0 Å². The molecule has 0 atom stereocenters. The predicted molar refractivity (Wildman–Crippen MR) is 109 cm³/mol. The molecule has 0 radical (unpaired) electrons. The van der Waals surface area contributed by atoms with Gasteiger partial charge in [-0.1, -0.05) is 30.3 Å². The maximum Gasteiger partial charge on any atom is 0.258 e. The minimum Gasteiger partial charge on any atom is -0.508 e. The van der Waals surface area contributed by atoms with Crippen molar-refractivity contribution in [3.8, 4) is 28.3 Å². The molecule has 3 N–H and O–H groups in total. The summed E-state index contributed by atoms with van der Waals surface area (Å²) in [6.07, 6.45) is 1.70. The maximum atomic E-state index is 13.2.